The predicted molar refractivity (Wildman–Crippen MR) is 65.9 cm³/mol. The highest BCUT2D eigenvalue weighted by molar-refractivity contribution is 5.27. The highest BCUT2D eigenvalue weighted by atomic mass is 19.4. The van der Waals surface area contributed by atoms with Gasteiger partial charge in [-0.25, -0.2) is 0 Å². The largest absolute Gasteiger partial charge is 0.416 e. The van der Waals surface area contributed by atoms with Gasteiger partial charge in [-0.3, -0.25) is 0 Å². The summed E-state index contributed by atoms with van der Waals surface area (Å²) in [5.41, 5.74) is -0.179. The van der Waals surface area contributed by atoms with E-state index in [4.69, 9.17) is 4.52 Å². The van der Waals surface area contributed by atoms with E-state index in [1.807, 2.05) is 6.92 Å². The molecule has 7 heteroatoms. The highest BCUT2D eigenvalue weighted by Crippen LogP contribution is 2.29. The summed E-state index contributed by atoms with van der Waals surface area (Å²) in [5, 5.41) is 6.77. The maximum absolute atomic E-state index is 12.6. The van der Waals surface area contributed by atoms with Crippen molar-refractivity contribution in [2.75, 3.05) is 6.54 Å². The normalized spacial score (nSPS) is 11.8. The average molecular weight is 285 g/mol. The van der Waals surface area contributed by atoms with E-state index in [9.17, 15) is 13.2 Å². The number of nitrogens with zero attached hydrogens (tertiary/aromatic N) is 2. The first-order chi connectivity index (χ1) is 9.49. The molecule has 1 heterocycles. The lowest BCUT2D eigenvalue weighted by molar-refractivity contribution is -0.137. The van der Waals surface area contributed by atoms with Crippen LogP contribution in [0.1, 0.15) is 29.8 Å². The van der Waals surface area contributed by atoms with Crippen LogP contribution < -0.4 is 5.32 Å². The standard InChI is InChI=1S/C13H14F3N3O/c1-2-17-8-12-18-11(19-20-12)7-9-4-3-5-10(6-9)13(14,15)16/h3-6,17H,2,7-8H2,1H3. The van der Waals surface area contributed by atoms with Crippen LogP contribution in [0.3, 0.4) is 0 Å². The molecule has 0 aliphatic heterocycles. The molecule has 0 bridgehead atoms. The average Bonchev–Trinajstić information content (AvgIpc) is 2.83. The van der Waals surface area contributed by atoms with Crippen molar-refractivity contribution in [2.24, 2.45) is 0 Å². The maximum Gasteiger partial charge on any atom is 0.416 e. The molecule has 20 heavy (non-hydrogen) atoms. The van der Waals surface area contributed by atoms with E-state index in [1.165, 1.54) is 6.07 Å². The minimum atomic E-state index is -4.34. The van der Waals surface area contributed by atoms with E-state index in [0.717, 1.165) is 18.7 Å². The van der Waals surface area contributed by atoms with Crippen molar-refractivity contribution in [3.63, 3.8) is 0 Å². The number of benzene rings is 1. The third-order valence-corrected chi connectivity index (χ3v) is 2.65. The summed E-state index contributed by atoms with van der Waals surface area (Å²) in [4.78, 5) is 4.11. The number of alkyl halides is 3. The van der Waals surface area contributed by atoms with E-state index in [1.54, 1.807) is 6.07 Å². The van der Waals surface area contributed by atoms with Crippen LogP contribution in [-0.2, 0) is 19.1 Å². The summed E-state index contributed by atoms with van der Waals surface area (Å²) >= 11 is 0. The third-order valence-electron chi connectivity index (χ3n) is 2.65. The second kappa shape index (κ2) is 6.04. The lowest BCUT2D eigenvalue weighted by Crippen LogP contribution is -2.11. The molecule has 1 aromatic heterocycles. The first-order valence-electron chi connectivity index (χ1n) is 6.17. The van der Waals surface area contributed by atoms with E-state index in [-0.39, 0.29) is 6.42 Å². The Kier molecular flexibility index (Phi) is 4.39. The summed E-state index contributed by atoms with van der Waals surface area (Å²) in [6.07, 6.45) is -4.14. The number of hydrogen-bond donors (Lipinski definition) is 1. The van der Waals surface area contributed by atoms with Gasteiger partial charge in [0.15, 0.2) is 5.82 Å². The van der Waals surface area contributed by atoms with Gasteiger partial charge in [-0.2, -0.15) is 18.2 Å². The summed E-state index contributed by atoms with van der Waals surface area (Å²) in [6.45, 7) is 3.16. The van der Waals surface area contributed by atoms with Gasteiger partial charge >= 0.3 is 6.18 Å². The first kappa shape index (κ1) is 14.5. The van der Waals surface area contributed by atoms with Crippen molar-refractivity contribution in [1.82, 2.24) is 15.5 Å². The van der Waals surface area contributed by atoms with Crippen molar-refractivity contribution in [1.29, 1.82) is 0 Å². The Hall–Kier alpha value is -1.89. The van der Waals surface area contributed by atoms with Crippen LogP contribution in [0.4, 0.5) is 13.2 Å². The van der Waals surface area contributed by atoms with Crippen molar-refractivity contribution in [3.8, 4) is 0 Å². The van der Waals surface area contributed by atoms with Crippen LogP contribution in [0, 0.1) is 0 Å². The Labute approximate surface area is 114 Å². The molecule has 0 aliphatic carbocycles. The van der Waals surface area contributed by atoms with Gasteiger partial charge in [0.05, 0.1) is 12.1 Å². The number of hydrogen-bond acceptors (Lipinski definition) is 4. The smallest absolute Gasteiger partial charge is 0.338 e. The minimum absolute atomic E-state index is 0.208. The van der Waals surface area contributed by atoms with Gasteiger partial charge in [-0.1, -0.05) is 30.3 Å². The maximum atomic E-state index is 12.6. The molecule has 0 fully saturated rings. The monoisotopic (exact) mass is 285 g/mol. The third kappa shape index (κ3) is 3.80. The molecular formula is C13H14F3N3O. The number of aromatic nitrogens is 2. The molecule has 0 saturated heterocycles. The van der Waals surface area contributed by atoms with E-state index in [2.05, 4.69) is 15.5 Å². The second-order valence-electron chi connectivity index (χ2n) is 4.26. The van der Waals surface area contributed by atoms with Gasteiger partial charge in [-0.15, -0.1) is 0 Å². The van der Waals surface area contributed by atoms with Gasteiger partial charge in [0.1, 0.15) is 0 Å². The molecule has 0 radical (unpaired) electrons. The molecule has 2 rings (SSSR count). The van der Waals surface area contributed by atoms with Crippen molar-refractivity contribution < 1.29 is 17.7 Å². The Morgan fingerprint density at radius 1 is 1.30 bits per heavy atom. The second-order valence-corrected chi connectivity index (χ2v) is 4.26. The summed E-state index contributed by atoms with van der Waals surface area (Å²) < 4.78 is 42.8. The zero-order valence-corrected chi connectivity index (χ0v) is 10.9. The minimum Gasteiger partial charge on any atom is -0.338 e. The Morgan fingerprint density at radius 3 is 2.80 bits per heavy atom. The molecule has 0 amide bonds. The van der Waals surface area contributed by atoms with Crippen LogP contribution in [0.2, 0.25) is 0 Å². The van der Waals surface area contributed by atoms with E-state index >= 15 is 0 Å². The van der Waals surface area contributed by atoms with Crippen LogP contribution in [0.25, 0.3) is 0 Å². The molecule has 2 aromatic rings. The van der Waals surface area contributed by atoms with Gasteiger partial charge in [-0.05, 0) is 18.2 Å². The Bertz CT molecular complexity index is 566. The zero-order chi connectivity index (χ0) is 14.6. The van der Waals surface area contributed by atoms with E-state index in [0.29, 0.717) is 23.8 Å². The number of halogens is 3. The van der Waals surface area contributed by atoms with Gasteiger partial charge in [0.25, 0.3) is 0 Å². The molecule has 0 unspecified atom stereocenters. The van der Waals surface area contributed by atoms with Crippen LogP contribution in [0.15, 0.2) is 28.8 Å². The Morgan fingerprint density at radius 2 is 2.10 bits per heavy atom. The predicted octanol–water partition coefficient (Wildman–Crippen LogP) is 2.79. The SMILES string of the molecule is CCNCc1nc(Cc2cccc(C(F)(F)F)c2)no1. The van der Waals surface area contributed by atoms with Crippen LogP contribution >= 0.6 is 0 Å². The topological polar surface area (TPSA) is 51.0 Å². The zero-order valence-electron chi connectivity index (χ0n) is 10.9. The van der Waals surface area contributed by atoms with E-state index < -0.39 is 11.7 Å². The van der Waals surface area contributed by atoms with Gasteiger partial charge in [0.2, 0.25) is 5.89 Å². The number of rotatable bonds is 5. The molecule has 108 valence electrons. The van der Waals surface area contributed by atoms with Crippen molar-refractivity contribution in [3.05, 3.63) is 47.1 Å². The summed E-state index contributed by atoms with van der Waals surface area (Å²) in [5.74, 6) is 0.797. The molecule has 1 aromatic carbocycles. The summed E-state index contributed by atoms with van der Waals surface area (Å²) in [7, 11) is 0. The molecule has 0 saturated carbocycles. The lowest BCUT2D eigenvalue weighted by Gasteiger charge is -2.07. The molecule has 4 nitrogen and oxygen atoms in total. The van der Waals surface area contributed by atoms with Crippen molar-refractivity contribution in [2.45, 2.75) is 26.1 Å². The quantitative estimate of drug-likeness (QED) is 0.917. The molecule has 1 N–H and O–H groups in total. The van der Waals surface area contributed by atoms with Gasteiger partial charge < -0.3 is 9.84 Å². The fourth-order valence-corrected chi connectivity index (χ4v) is 1.71. The van der Waals surface area contributed by atoms with Crippen LogP contribution in [-0.4, -0.2) is 16.7 Å². The fraction of sp³-hybridized carbons (Fsp3) is 0.385. The lowest BCUT2D eigenvalue weighted by atomic mass is 10.1. The van der Waals surface area contributed by atoms with Crippen LogP contribution in [0.5, 0.6) is 0 Å². The van der Waals surface area contributed by atoms with Gasteiger partial charge in [0, 0.05) is 6.42 Å². The Balaban J connectivity index is 2.08. The highest BCUT2D eigenvalue weighted by Gasteiger charge is 2.30. The van der Waals surface area contributed by atoms with Crippen molar-refractivity contribution >= 4 is 0 Å². The fourth-order valence-electron chi connectivity index (χ4n) is 1.71. The molecule has 0 aliphatic rings. The molecular weight excluding hydrogens is 271 g/mol. The number of nitrogens with one attached hydrogen (secondary N) is 1. The summed E-state index contributed by atoms with van der Waals surface area (Å²) in [6, 6.07) is 5.12. The molecule has 0 atom stereocenters. The first-order valence-corrected chi connectivity index (χ1v) is 6.17. The molecule has 0 spiro atoms.